The summed E-state index contributed by atoms with van der Waals surface area (Å²) >= 11 is 6.35. The van der Waals surface area contributed by atoms with Crippen molar-refractivity contribution in [3.63, 3.8) is 0 Å². The fourth-order valence-corrected chi connectivity index (χ4v) is 4.78. The number of likely N-dealkylation sites (N-methyl/N-ethyl adjacent to an activating group) is 1. The van der Waals surface area contributed by atoms with Gasteiger partial charge in [-0.15, -0.1) is 0 Å². The first-order chi connectivity index (χ1) is 19.1. The van der Waals surface area contributed by atoms with E-state index in [9.17, 15) is 24.0 Å². The Balaban J connectivity index is 1.24. The fourth-order valence-electron chi connectivity index (χ4n) is 4.50. The maximum absolute atomic E-state index is 12.8. The highest BCUT2D eigenvalue weighted by Crippen LogP contribution is 2.28. The summed E-state index contributed by atoms with van der Waals surface area (Å²) in [5.74, 6) is -1.04. The number of hydrogen-bond acceptors (Lipinski definition) is 6. The molecule has 2 aromatic carbocycles. The van der Waals surface area contributed by atoms with Crippen LogP contribution in [0.15, 0.2) is 36.4 Å². The van der Waals surface area contributed by atoms with E-state index < -0.39 is 24.1 Å². The lowest BCUT2D eigenvalue weighted by molar-refractivity contribution is -0.136. The molecule has 2 aromatic rings. The topological polar surface area (TPSA) is 157 Å². The van der Waals surface area contributed by atoms with Crippen LogP contribution in [0.2, 0.25) is 5.02 Å². The van der Waals surface area contributed by atoms with Crippen LogP contribution in [0.5, 0.6) is 0 Å². The van der Waals surface area contributed by atoms with Crippen molar-refractivity contribution < 1.29 is 33.8 Å². The molecule has 1 fully saturated rings. The SMILES string of the molecule is CN(CCOCCc1ccc(NC(=O)NCc2ccc3c(c2)CN(C2CCC(=O)NC2=O)C3=O)cc1Cl)C(=O)O. The van der Waals surface area contributed by atoms with Crippen molar-refractivity contribution in [2.24, 2.45) is 0 Å². The van der Waals surface area contributed by atoms with Gasteiger partial charge in [0.15, 0.2) is 0 Å². The van der Waals surface area contributed by atoms with E-state index in [-0.39, 0.29) is 44.5 Å². The molecule has 12 nitrogen and oxygen atoms in total. The molecule has 0 saturated carbocycles. The number of halogens is 1. The first kappa shape index (κ1) is 28.8. The molecule has 13 heteroatoms. The van der Waals surface area contributed by atoms with Crippen LogP contribution < -0.4 is 16.0 Å². The quantitative estimate of drug-likeness (QED) is 0.252. The molecule has 1 atom stereocenters. The lowest BCUT2D eigenvalue weighted by atomic mass is 10.0. The maximum atomic E-state index is 12.8. The van der Waals surface area contributed by atoms with Crippen molar-refractivity contribution in [2.45, 2.75) is 38.4 Å². The monoisotopic (exact) mass is 571 g/mol. The molecule has 40 heavy (non-hydrogen) atoms. The Labute approximate surface area is 235 Å². The third-order valence-corrected chi connectivity index (χ3v) is 7.12. The average Bonchev–Trinajstić information content (AvgIpc) is 3.23. The Morgan fingerprint density at radius 3 is 2.70 bits per heavy atom. The number of nitrogens with zero attached hydrogens (tertiary/aromatic N) is 2. The van der Waals surface area contributed by atoms with Gasteiger partial charge in [-0.05, 0) is 47.7 Å². The minimum atomic E-state index is -1.01. The first-order valence-electron chi connectivity index (χ1n) is 12.7. The number of urea groups is 1. The molecule has 4 rings (SSSR count). The lowest BCUT2D eigenvalue weighted by Gasteiger charge is -2.29. The molecule has 0 aromatic heterocycles. The van der Waals surface area contributed by atoms with E-state index in [4.69, 9.17) is 21.4 Å². The fraction of sp³-hybridized carbons (Fsp3) is 0.370. The lowest BCUT2D eigenvalue weighted by Crippen LogP contribution is -2.52. The standard InChI is InChI=1S/C27H30ClN5O7/c1-32(27(38)39)9-11-40-10-8-17-3-4-19(13-21(17)28)30-26(37)29-14-16-2-5-20-18(12-16)15-33(25(20)36)22-6-7-23(34)31-24(22)35/h2-5,12-13,22H,6-11,14-15H2,1H3,(H,38,39)(H2,29,30,37)(H,31,34,35). The number of hydrogen-bond donors (Lipinski definition) is 4. The zero-order valence-electron chi connectivity index (χ0n) is 21.9. The molecule has 1 unspecified atom stereocenters. The Morgan fingerprint density at radius 2 is 1.98 bits per heavy atom. The molecular formula is C27H30ClN5O7. The third kappa shape index (κ3) is 7.07. The van der Waals surface area contributed by atoms with Gasteiger partial charge >= 0.3 is 12.1 Å². The second-order valence-electron chi connectivity index (χ2n) is 9.57. The zero-order chi connectivity index (χ0) is 28.8. The highest BCUT2D eigenvalue weighted by molar-refractivity contribution is 6.31. The van der Waals surface area contributed by atoms with Crippen LogP contribution in [0.4, 0.5) is 15.3 Å². The summed E-state index contributed by atoms with van der Waals surface area (Å²) in [6, 6.07) is 9.30. The van der Waals surface area contributed by atoms with Gasteiger partial charge in [0, 0.05) is 49.4 Å². The van der Waals surface area contributed by atoms with Gasteiger partial charge in [-0.25, -0.2) is 9.59 Å². The van der Waals surface area contributed by atoms with Gasteiger partial charge < -0.3 is 30.3 Å². The van der Waals surface area contributed by atoms with Crippen molar-refractivity contribution in [3.8, 4) is 0 Å². The summed E-state index contributed by atoms with van der Waals surface area (Å²) in [6.45, 7) is 1.39. The van der Waals surface area contributed by atoms with Crippen LogP contribution in [-0.2, 0) is 33.8 Å². The van der Waals surface area contributed by atoms with E-state index in [0.29, 0.717) is 35.7 Å². The number of ether oxygens (including phenoxy) is 1. The number of carboxylic acid groups (broad SMARTS) is 1. The number of imide groups is 1. The Hall–Kier alpha value is -4.16. The minimum absolute atomic E-state index is 0.192. The summed E-state index contributed by atoms with van der Waals surface area (Å²) in [4.78, 5) is 62.4. The van der Waals surface area contributed by atoms with E-state index in [0.717, 1.165) is 21.6 Å². The van der Waals surface area contributed by atoms with Gasteiger partial charge in [0.25, 0.3) is 5.91 Å². The molecule has 2 aliphatic rings. The number of piperidine rings is 1. The Bertz CT molecular complexity index is 1330. The molecule has 0 spiro atoms. The van der Waals surface area contributed by atoms with Crippen molar-refractivity contribution >= 4 is 47.1 Å². The number of carbonyl (C=O) groups is 5. The van der Waals surface area contributed by atoms with Crippen LogP contribution >= 0.6 is 11.6 Å². The Morgan fingerprint density at radius 1 is 1.18 bits per heavy atom. The summed E-state index contributed by atoms with van der Waals surface area (Å²) < 4.78 is 5.47. The summed E-state index contributed by atoms with van der Waals surface area (Å²) in [7, 11) is 1.47. The molecule has 1 saturated heterocycles. The van der Waals surface area contributed by atoms with Gasteiger partial charge in [-0.3, -0.25) is 19.7 Å². The molecule has 0 radical (unpaired) electrons. The van der Waals surface area contributed by atoms with Crippen molar-refractivity contribution in [1.82, 2.24) is 20.4 Å². The summed E-state index contributed by atoms with van der Waals surface area (Å²) in [6.07, 6.45) is 0.00622. The number of fused-ring (bicyclic) bond motifs is 1. The minimum Gasteiger partial charge on any atom is -0.465 e. The van der Waals surface area contributed by atoms with Crippen molar-refractivity contribution in [2.75, 3.05) is 32.1 Å². The van der Waals surface area contributed by atoms with Gasteiger partial charge in [0.05, 0.1) is 13.2 Å². The highest BCUT2D eigenvalue weighted by Gasteiger charge is 2.39. The van der Waals surface area contributed by atoms with E-state index in [1.807, 2.05) is 6.07 Å². The van der Waals surface area contributed by atoms with Crippen molar-refractivity contribution in [1.29, 1.82) is 0 Å². The van der Waals surface area contributed by atoms with Crippen LogP contribution in [-0.4, -0.2) is 77.6 Å². The Kier molecular flexibility index (Phi) is 9.22. The van der Waals surface area contributed by atoms with Gasteiger partial charge in [0.1, 0.15) is 6.04 Å². The molecule has 212 valence electrons. The molecule has 2 heterocycles. The van der Waals surface area contributed by atoms with E-state index in [2.05, 4.69) is 16.0 Å². The number of anilines is 1. The molecule has 6 amide bonds. The van der Waals surface area contributed by atoms with E-state index in [1.165, 1.54) is 11.9 Å². The molecular weight excluding hydrogens is 542 g/mol. The molecule has 0 bridgehead atoms. The number of rotatable bonds is 10. The predicted octanol–water partition coefficient (Wildman–Crippen LogP) is 2.59. The molecule has 2 aliphatic heterocycles. The normalized spacial score (nSPS) is 16.4. The number of nitrogens with one attached hydrogen (secondary N) is 3. The van der Waals surface area contributed by atoms with Crippen LogP contribution in [0.3, 0.4) is 0 Å². The number of carbonyl (C=O) groups excluding carboxylic acids is 4. The second-order valence-corrected chi connectivity index (χ2v) is 9.98. The van der Waals surface area contributed by atoms with Crippen LogP contribution in [0.25, 0.3) is 0 Å². The predicted molar refractivity (Wildman–Crippen MR) is 145 cm³/mol. The van der Waals surface area contributed by atoms with Crippen LogP contribution in [0, 0.1) is 0 Å². The highest BCUT2D eigenvalue weighted by atomic mass is 35.5. The summed E-state index contributed by atoms with van der Waals surface area (Å²) in [5, 5.41) is 17.1. The molecule has 4 N–H and O–H groups in total. The molecule has 0 aliphatic carbocycles. The van der Waals surface area contributed by atoms with Crippen LogP contribution in [0.1, 0.15) is 39.9 Å². The largest absolute Gasteiger partial charge is 0.465 e. The number of benzene rings is 2. The smallest absolute Gasteiger partial charge is 0.407 e. The van der Waals surface area contributed by atoms with E-state index in [1.54, 1.807) is 30.3 Å². The zero-order valence-corrected chi connectivity index (χ0v) is 22.6. The van der Waals surface area contributed by atoms with E-state index >= 15 is 0 Å². The number of amides is 6. The van der Waals surface area contributed by atoms with Gasteiger partial charge in [0.2, 0.25) is 11.8 Å². The van der Waals surface area contributed by atoms with Crippen molar-refractivity contribution in [3.05, 3.63) is 63.7 Å². The maximum Gasteiger partial charge on any atom is 0.407 e. The second kappa shape index (κ2) is 12.8. The van der Waals surface area contributed by atoms with Gasteiger partial charge in [-0.2, -0.15) is 0 Å². The summed E-state index contributed by atoms with van der Waals surface area (Å²) in [5.41, 5.74) is 3.39. The average molecular weight is 572 g/mol. The third-order valence-electron chi connectivity index (χ3n) is 6.77. The first-order valence-corrected chi connectivity index (χ1v) is 13.1. The van der Waals surface area contributed by atoms with Gasteiger partial charge in [-0.1, -0.05) is 29.8 Å².